The van der Waals surface area contributed by atoms with Crippen LogP contribution in [0.5, 0.6) is 0 Å². The molecular formula is C27H34ClN7. The Hall–Kier alpha value is -2.72. The highest BCUT2D eigenvalue weighted by Gasteiger charge is 2.36. The second-order valence-corrected chi connectivity index (χ2v) is 11.4. The SMILES string of the molecule is CC1CCC(Cn2c(C(C)(Cl)c3ccccn3)nc3nc(C#N)nc(N[C@H](C)C4CCC4)c32)CC1. The molecule has 2 fully saturated rings. The first-order valence-electron chi connectivity index (χ1n) is 12.9. The van der Waals surface area contributed by atoms with Crippen molar-refractivity contribution < 1.29 is 0 Å². The number of nitrogens with one attached hydrogen (secondary N) is 1. The van der Waals surface area contributed by atoms with Crippen molar-refractivity contribution in [2.75, 3.05) is 5.32 Å². The summed E-state index contributed by atoms with van der Waals surface area (Å²) >= 11 is 7.24. The lowest BCUT2D eigenvalue weighted by Crippen LogP contribution is -2.31. The maximum absolute atomic E-state index is 9.65. The lowest BCUT2D eigenvalue weighted by molar-refractivity contribution is 0.263. The van der Waals surface area contributed by atoms with Gasteiger partial charge in [0.05, 0.1) is 5.69 Å². The molecule has 2 aliphatic rings. The van der Waals surface area contributed by atoms with Crippen molar-refractivity contribution in [2.45, 2.75) is 83.2 Å². The molecule has 184 valence electrons. The van der Waals surface area contributed by atoms with E-state index in [1.54, 1.807) is 6.20 Å². The van der Waals surface area contributed by atoms with Gasteiger partial charge in [0, 0.05) is 18.8 Å². The van der Waals surface area contributed by atoms with E-state index in [2.05, 4.69) is 44.8 Å². The zero-order chi connectivity index (χ0) is 24.6. The van der Waals surface area contributed by atoms with Crippen molar-refractivity contribution >= 4 is 28.6 Å². The molecule has 35 heavy (non-hydrogen) atoms. The van der Waals surface area contributed by atoms with Crippen LogP contribution in [-0.2, 0) is 11.4 Å². The van der Waals surface area contributed by atoms with Crippen LogP contribution in [0.4, 0.5) is 5.82 Å². The van der Waals surface area contributed by atoms with Crippen LogP contribution >= 0.6 is 11.6 Å². The smallest absolute Gasteiger partial charge is 0.236 e. The monoisotopic (exact) mass is 491 g/mol. The van der Waals surface area contributed by atoms with Crippen LogP contribution in [0.1, 0.15) is 83.1 Å². The first-order chi connectivity index (χ1) is 16.9. The van der Waals surface area contributed by atoms with Crippen molar-refractivity contribution in [3.63, 3.8) is 0 Å². The van der Waals surface area contributed by atoms with E-state index < -0.39 is 4.87 Å². The Kier molecular flexibility index (Phi) is 6.67. The maximum Gasteiger partial charge on any atom is 0.236 e. The van der Waals surface area contributed by atoms with Gasteiger partial charge >= 0.3 is 0 Å². The van der Waals surface area contributed by atoms with Gasteiger partial charge in [0.15, 0.2) is 11.5 Å². The van der Waals surface area contributed by atoms with E-state index in [9.17, 15) is 5.26 Å². The number of nitriles is 1. The van der Waals surface area contributed by atoms with Gasteiger partial charge in [-0.2, -0.15) is 15.2 Å². The molecule has 2 atom stereocenters. The molecule has 1 N–H and O–H groups in total. The number of fused-ring (bicyclic) bond motifs is 1. The third-order valence-electron chi connectivity index (χ3n) is 8.07. The van der Waals surface area contributed by atoms with Gasteiger partial charge in [-0.25, -0.2) is 4.98 Å². The Balaban J connectivity index is 1.65. The summed E-state index contributed by atoms with van der Waals surface area (Å²) in [5.74, 6) is 3.44. The van der Waals surface area contributed by atoms with Gasteiger partial charge in [0.1, 0.15) is 22.3 Å². The summed E-state index contributed by atoms with van der Waals surface area (Å²) in [5.41, 5.74) is 2.09. The fourth-order valence-corrected chi connectivity index (χ4v) is 5.78. The Morgan fingerprint density at radius 1 is 1.17 bits per heavy atom. The van der Waals surface area contributed by atoms with Gasteiger partial charge in [0.25, 0.3) is 0 Å². The molecule has 3 aromatic rings. The van der Waals surface area contributed by atoms with E-state index in [0.29, 0.717) is 29.1 Å². The minimum atomic E-state index is -0.951. The topological polar surface area (TPSA) is 92.3 Å². The maximum atomic E-state index is 9.65. The molecule has 0 radical (unpaired) electrons. The van der Waals surface area contributed by atoms with Gasteiger partial charge in [-0.15, -0.1) is 11.6 Å². The molecule has 3 aromatic heterocycles. The van der Waals surface area contributed by atoms with Crippen molar-refractivity contribution in [1.29, 1.82) is 5.26 Å². The van der Waals surface area contributed by atoms with Gasteiger partial charge in [-0.05, 0) is 69.4 Å². The predicted octanol–water partition coefficient (Wildman–Crippen LogP) is 6.02. The van der Waals surface area contributed by atoms with E-state index in [0.717, 1.165) is 23.7 Å². The Labute approximate surface area is 212 Å². The normalized spacial score (nSPS) is 23.3. The zero-order valence-corrected chi connectivity index (χ0v) is 21.6. The molecule has 1 unspecified atom stereocenters. The molecule has 0 spiro atoms. The molecule has 0 aromatic carbocycles. The van der Waals surface area contributed by atoms with Crippen LogP contribution < -0.4 is 5.32 Å². The Morgan fingerprint density at radius 3 is 2.57 bits per heavy atom. The summed E-state index contributed by atoms with van der Waals surface area (Å²) in [6.45, 7) is 7.29. The average Bonchev–Trinajstić information content (AvgIpc) is 3.19. The van der Waals surface area contributed by atoms with E-state index in [4.69, 9.17) is 16.6 Å². The summed E-state index contributed by atoms with van der Waals surface area (Å²) in [6, 6.07) is 8.14. The molecule has 0 saturated heterocycles. The van der Waals surface area contributed by atoms with Gasteiger partial charge in [0.2, 0.25) is 5.82 Å². The molecule has 0 bridgehead atoms. The number of aromatic nitrogens is 5. The summed E-state index contributed by atoms with van der Waals surface area (Å²) in [7, 11) is 0. The van der Waals surface area contributed by atoms with E-state index >= 15 is 0 Å². The second kappa shape index (κ2) is 9.73. The molecule has 3 heterocycles. The average molecular weight is 492 g/mol. The van der Waals surface area contributed by atoms with Crippen LogP contribution in [0.3, 0.4) is 0 Å². The fourth-order valence-electron chi connectivity index (χ4n) is 5.52. The van der Waals surface area contributed by atoms with Crippen LogP contribution in [0, 0.1) is 29.1 Å². The first kappa shape index (κ1) is 24.0. The highest BCUT2D eigenvalue weighted by molar-refractivity contribution is 6.25. The lowest BCUT2D eigenvalue weighted by atomic mass is 9.80. The number of hydrogen-bond acceptors (Lipinski definition) is 6. The van der Waals surface area contributed by atoms with E-state index in [-0.39, 0.29) is 11.9 Å². The third-order valence-corrected chi connectivity index (χ3v) is 8.43. The molecular weight excluding hydrogens is 458 g/mol. The molecule has 0 aliphatic heterocycles. The van der Waals surface area contributed by atoms with Crippen LogP contribution in [0.15, 0.2) is 24.4 Å². The van der Waals surface area contributed by atoms with Crippen LogP contribution in [0.2, 0.25) is 0 Å². The van der Waals surface area contributed by atoms with Gasteiger partial charge in [-0.3, -0.25) is 4.98 Å². The summed E-state index contributed by atoms with van der Waals surface area (Å²) < 4.78 is 2.22. The van der Waals surface area contributed by atoms with E-state index in [1.165, 1.54) is 44.9 Å². The standard InChI is InChI=1S/C27H34ClN7/c1-17-10-12-19(13-11-17)16-35-23-24(31-18(2)20-7-6-8-20)32-22(15-29)33-25(23)34-26(35)27(3,28)21-9-4-5-14-30-21/h4-5,9,14,17-20H,6-8,10-13,16H2,1-3H3,(H,31,32,33)/t17?,18-,19?,27?/m1/s1. The number of halogens is 1. The highest BCUT2D eigenvalue weighted by Crippen LogP contribution is 2.40. The molecule has 2 saturated carbocycles. The number of alkyl halides is 1. The predicted molar refractivity (Wildman–Crippen MR) is 138 cm³/mol. The number of imidazole rings is 1. The summed E-state index contributed by atoms with van der Waals surface area (Å²) in [5, 5.41) is 13.3. The van der Waals surface area contributed by atoms with Gasteiger partial charge in [-0.1, -0.05) is 32.3 Å². The van der Waals surface area contributed by atoms with Crippen molar-refractivity contribution in [1.82, 2.24) is 24.5 Å². The van der Waals surface area contributed by atoms with Crippen molar-refractivity contribution in [3.8, 4) is 6.07 Å². The molecule has 7 nitrogen and oxygen atoms in total. The molecule has 0 amide bonds. The van der Waals surface area contributed by atoms with Crippen molar-refractivity contribution in [3.05, 3.63) is 41.7 Å². The summed E-state index contributed by atoms with van der Waals surface area (Å²) in [4.78, 5) is 17.7. The minimum absolute atomic E-state index is 0.123. The first-order valence-corrected chi connectivity index (χ1v) is 13.3. The Bertz CT molecular complexity index is 1220. The Morgan fingerprint density at radius 2 is 1.94 bits per heavy atom. The zero-order valence-electron chi connectivity index (χ0n) is 20.8. The number of hydrogen-bond donors (Lipinski definition) is 1. The van der Waals surface area contributed by atoms with Crippen LogP contribution in [0.25, 0.3) is 11.2 Å². The number of rotatable bonds is 7. The van der Waals surface area contributed by atoms with Gasteiger partial charge < -0.3 is 9.88 Å². The molecule has 5 rings (SSSR count). The molecule has 8 heteroatoms. The summed E-state index contributed by atoms with van der Waals surface area (Å²) in [6.07, 6.45) is 10.3. The molecule has 2 aliphatic carbocycles. The van der Waals surface area contributed by atoms with E-state index in [1.807, 2.05) is 25.1 Å². The highest BCUT2D eigenvalue weighted by atomic mass is 35.5. The third kappa shape index (κ3) is 4.73. The lowest BCUT2D eigenvalue weighted by Gasteiger charge is -2.32. The van der Waals surface area contributed by atoms with Crippen LogP contribution in [-0.4, -0.2) is 30.5 Å². The van der Waals surface area contributed by atoms with Crippen molar-refractivity contribution in [2.24, 2.45) is 17.8 Å². The number of pyridine rings is 1. The number of nitrogens with zero attached hydrogens (tertiary/aromatic N) is 6. The largest absolute Gasteiger partial charge is 0.365 e. The second-order valence-electron chi connectivity index (χ2n) is 10.7. The number of anilines is 1. The fraction of sp³-hybridized carbons (Fsp3) is 0.593. The minimum Gasteiger partial charge on any atom is -0.365 e. The quantitative estimate of drug-likeness (QED) is 0.406.